The quantitative estimate of drug-likeness (QED) is 0.747. The summed E-state index contributed by atoms with van der Waals surface area (Å²) >= 11 is 0. The molecule has 1 aliphatic rings. The van der Waals surface area contributed by atoms with Crippen LogP contribution in [0.4, 0.5) is 0 Å². The van der Waals surface area contributed by atoms with E-state index in [1.54, 1.807) is 4.90 Å². The van der Waals surface area contributed by atoms with Gasteiger partial charge < -0.3 is 14.9 Å². The summed E-state index contributed by atoms with van der Waals surface area (Å²) in [6.45, 7) is 3.06. The minimum atomic E-state index is -0.550. The van der Waals surface area contributed by atoms with Gasteiger partial charge in [0, 0.05) is 19.5 Å². The number of hydrogen-bond acceptors (Lipinski definition) is 4. The number of rotatable bonds is 8. The van der Waals surface area contributed by atoms with Gasteiger partial charge in [-0.25, -0.2) is 0 Å². The van der Waals surface area contributed by atoms with Crippen LogP contribution in [0, 0.1) is 6.92 Å². The molecule has 0 radical (unpaired) electrons. The van der Waals surface area contributed by atoms with E-state index in [2.05, 4.69) is 0 Å². The van der Waals surface area contributed by atoms with Gasteiger partial charge in [-0.05, 0) is 38.6 Å². The summed E-state index contributed by atoms with van der Waals surface area (Å²) in [5.74, 6) is -1.06. The maximum Gasteiger partial charge on any atom is 0.290 e. The Labute approximate surface area is 172 Å². The molecule has 1 atom stereocenters. The van der Waals surface area contributed by atoms with E-state index in [1.807, 2.05) is 80.5 Å². The molecule has 0 aliphatic carbocycles. The highest BCUT2D eigenvalue weighted by atomic mass is 16.3. The molecule has 1 amide bonds. The van der Waals surface area contributed by atoms with Crippen LogP contribution in [0.5, 0.6) is 0 Å². The predicted molar refractivity (Wildman–Crippen MR) is 114 cm³/mol. The van der Waals surface area contributed by atoms with E-state index in [0.717, 1.165) is 16.7 Å². The van der Waals surface area contributed by atoms with Gasteiger partial charge in [-0.15, -0.1) is 0 Å². The highest BCUT2D eigenvalue weighted by molar-refractivity contribution is 6.09. The molecular formula is C24H28N2O3. The molecule has 2 aromatic rings. The van der Waals surface area contributed by atoms with Crippen molar-refractivity contribution >= 4 is 11.7 Å². The SMILES string of the molecule is Cc1cccc(C2C(C(=O)CCc3ccccc3)=C(O)C(=O)N2CCN(C)C)c1. The molecule has 0 spiro atoms. The van der Waals surface area contributed by atoms with E-state index >= 15 is 0 Å². The van der Waals surface area contributed by atoms with Crippen molar-refractivity contribution in [3.8, 4) is 0 Å². The summed E-state index contributed by atoms with van der Waals surface area (Å²) in [5.41, 5.74) is 3.17. The molecule has 152 valence electrons. The third-order valence-electron chi connectivity index (χ3n) is 5.23. The van der Waals surface area contributed by atoms with Crippen molar-refractivity contribution < 1.29 is 14.7 Å². The average molecular weight is 392 g/mol. The second-order valence-electron chi connectivity index (χ2n) is 7.79. The molecule has 0 saturated carbocycles. The van der Waals surface area contributed by atoms with Crippen LogP contribution >= 0.6 is 0 Å². The van der Waals surface area contributed by atoms with Crippen LogP contribution in [0.25, 0.3) is 0 Å². The fourth-order valence-electron chi connectivity index (χ4n) is 3.70. The fourth-order valence-corrected chi connectivity index (χ4v) is 3.70. The molecule has 29 heavy (non-hydrogen) atoms. The maximum absolute atomic E-state index is 13.1. The molecule has 5 heteroatoms. The summed E-state index contributed by atoms with van der Waals surface area (Å²) in [5, 5.41) is 10.6. The summed E-state index contributed by atoms with van der Waals surface area (Å²) in [6.07, 6.45) is 0.823. The Morgan fingerprint density at radius 3 is 2.48 bits per heavy atom. The lowest BCUT2D eigenvalue weighted by atomic mass is 9.92. The van der Waals surface area contributed by atoms with Gasteiger partial charge >= 0.3 is 0 Å². The zero-order valence-electron chi connectivity index (χ0n) is 17.3. The van der Waals surface area contributed by atoms with Gasteiger partial charge in [0.05, 0.1) is 11.6 Å². The van der Waals surface area contributed by atoms with Gasteiger partial charge in [-0.3, -0.25) is 9.59 Å². The molecule has 0 aromatic heterocycles. The minimum absolute atomic E-state index is 0.182. The number of aryl methyl sites for hydroxylation is 2. The van der Waals surface area contributed by atoms with Gasteiger partial charge in [0.1, 0.15) is 0 Å². The number of hydrogen-bond donors (Lipinski definition) is 1. The first-order valence-corrected chi connectivity index (χ1v) is 9.91. The molecule has 1 unspecified atom stereocenters. The standard InChI is InChI=1S/C24H28N2O3/c1-17-8-7-11-19(16-17)22-21(20(27)13-12-18-9-5-4-6-10-18)23(28)24(29)26(22)15-14-25(2)3/h4-11,16,22,28H,12-15H2,1-3H3. The monoisotopic (exact) mass is 392 g/mol. The molecule has 1 heterocycles. The minimum Gasteiger partial charge on any atom is -0.503 e. The van der Waals surface area contributed by atoms with Crippen molar-refractivity contribution in [3.63, 3.8) is 0 Å². The second kappa shape index (κ2) is 9.05. The van der Waals surface area contributed by atoms with Gasteiger partial charge in [0.25, 0.3) is 5.91 Å². The van der Waals surface area contributed by atoms with Crippen molar-refractivity contribution in [2.45, 2.75) is 25.8 Å². The number of aliphatic hydroxyl groups excluding tert-OH is 1. The van der Waals surface area contributed by atoms with Gasteiger partial charge in [0.15, 0.2) is 11.5 Å². The number of amides is 1. The van der Waals surface area contributed by atoms with Crippen LogP contribution in [-0.4, -0.2) is 53.8 Å². The van der Waals surface area contributed by atoms with Crippen LogP contribution < -0.4 is 0 Å². The van der Waals surface area contributed by atoms with Gasteiger partial charge in [0.2, 0.25) is 0 Å². The van der Waals surface area contributed by atoms with E-state index in [9.17, 15) is 14.7 Å². The largest absolute Gasteiger partial charge is 0.503 e. The van der Waals surface area contributed by atoms with Crippen LogP contribution in [0.2, 0.25) is 0 Å². The number of aliphatic hydroxyl groups is 1. The zero-order chi connectivity index (χ0) is 21.0. The number of carbonyl (C=O) groups is 2. The molecule has 2 aromatic carbocycles. The van der Waals surface area contributed by atoms with E-state index in [1.165, 1.54) is 0 Å². The summed E-state index contributed by atoms with van der Waals surface area (Å²) < 4.78 is 0. The first-order chi connectivity index (χ1) is 13.9. The molecule has 5 nitrogen and oxygen atoms in total. The van der Waals surface area contributed by atoms with E-state index in [0.29, 0.717) is 19.5 Å². The highest BCUT2D eigenvalue weighted by Gasteiger charge is 2.42. The van der Waals surface area contributed by atoms with Crippen LogP contribution in [0.3, 0.4) is 0 Å². The lowest BCUT2D eigenvalue weighted by Crippen LogP contribution is -2.36. The topological polar surface area (TPSA) is 60.9 Å². The summed E-state index contributed by atoms with van der Waals surface area (Å²) in [6, 6.07) is 17.0. The van der Waals surface area contributed by atoms with Crippen molar-refractivity contribution in [2.24, 2.45) is 0 Å². The van der Waals surface area contributed by atoms with Crippen molar-refractivity contribution in [1.82, 2.24) is 9.80 Å². The highest BCUT2D eigenvalue weighted by Crippen LogP contribution is 2.38. The smallest absolute Gasteiger partial charge is 0.290 e. The Morgan fingerprint density at radius 2 is 1.83 bits per heavy atom. The number of carbonyl (C=O) groups excluding carboxylic acids is 2. The maximum atomic E-state index is 13.1. The molecule has 1 aliphatic heterocycles. The Morgan fingerprint density at radius 1 is 1.10 bits per heavy atom. The van der Waals surface area contributed by atoms with Crippen molar-refractivity contribution in [3.05, 3.63) is 82.6 Å². The third kappa shape index (κ3) is 4.74. The second-order valence-corrected chi connectivity index (χ2v) is 7.79. The Kier molecular flexibility index (Phi) is 6.49. The molecule has 0 fully saturated rings. The number of likely N-dealkylation sites (N-methyl/N-ethyl adjacent to an activating group) is 1. The van der Waals surface area contributed by atoms with Crippen LogP contribution in [0.15, 0.2) is 65.9 Å². The van der Waals surface area contributed by atoms with Crippen LogP contribution in [-0.2, 0) is 16.0 Å². The van der Waals surface area contributed by atoms with E-state index in [4.69, 9.17) is 0 Å². The molecule has 0 saturated heterocycles. The van der Waals surface area contributed by atoms with Crippen LogP contribution in [0.1, 0.15) is 29.2 Å². The third-order valence-corrected chi connectivity index (χ3v) is 5.23. The lowest BCUT2D eigenvalue weighted by Gasteiger charge is -2.28. The number of ketones is 1. The van der Waals surface area contributed by atoms with Crippen molar-refractivity contribution in [1.29, 1.82) is 0 Å². The van der Waals surface area contributed by atoms with Gasteiger partial charge in [-0.2, -0.15) is 0 Å². The Hall–Kier alpha value is -2.92. The average Bonchev–Trinajstić information content (AvgIpc) is 2.96. The van der Waals surface area contributed by atoms with E-state index in [-0.39, 0.29) is 17.8 Å². The lowest BCUT2D eigenvalue weighted by molar-refractivity contribution is -0.129. The molecular weight excluding hydrogens is 364 g/mol. The number of Topliss-reactive ketones (excluding diaryl/α,β-unsaturated/α-hetero) is 1. The number of benzene rings is 2. The van der Waals surface area contributed by atoms with Crippen molar-refractivity contribution in [2.75, 3.05) is 27.2 Å². The normalized spacial score (nSPS) is 16.8. The summed E-state index contributed by atoms with van der Waals surface area (Å²) in [4.78, 5) is 29.5. The van der Waals surface area contributed by atoms with E-state index < -0.39 is 17.7 Å². The Balaban J connectivity index is 1.90. The molecule has 1 N–H and O–H groups in total. The molecule has 0 bridgehead atoms. The molecule has 3 rings (SSSR count). The Bertz CT molecular complexity index is 919. The van der Waals surface area contributed by atoms with Gasteiger partial charge in [-0.1, -0.05) is 60.2 Å². The fraction of sp³-hybridized carbons (Fsp3) is 0.333. The number of nitrogens with zero attached hydrogens (tertiary/aromatic N) is 2. The zero-order valence-corrected chi connectivity index (χ0v) is 17.3. The first kappa shape index (κ1) is 20.8. The predicted octanol–water partition coefficient (Wildman–Crippen LogP) is 3.45. The first-order valence-electron chi connectivity index (χ1n) is 9.91. The summed E-state index contributed by atoms with van der Waals surface area (Å²) in [7, 11) is 3.86.